The van der Waals surface area contributed by atoms with Gasteiger partial charge in [-0.1, -0.05) is 12.1 Å². The number of ether oxygens (including phenoxy) is 1. The van der Waals surface area contributed by atoms with Crippen LogP contribution in [0.4, 0.5) is 4.39 Å². The molecule has 1 saturated carbocycles. The van der Waals surface area contributed by atoms with E-state index in [0.717, 1.165) is 36.1 Å². The highest BCUT2D eigenvalue weighted by Gasteiger charge is 2.39. The summed E-state index contributed by atoms with van der Waals surface area (Å²) in [6, 6.07) is 11.9. The number of hydrogen-bond donors (Lipinski definition) is 2. The Morgan fingerprint density at radius 2 is 1.68 bits per heavy atom. The molecule has 1 aliphatic carbocycles. The van der Waals surface area contributed by atoms with Gasteiger partial charge in [0.2, 0.25) is 21.8 Å². The summed E-state index contributed by atoms with van der Waals surface area (Å²) in [5, 5.41) is 5.77. The highest BCUT2D eigenvalue weighted by molar-refractivity contribution is 7.88. The van der Waals surface area contributed by atoms with Crippen LogP contribution in [0, 0.1) is 5.82 Å². The van der Waals surface area contributed by atoms with Crippen LogP contribution in [-0.4, -0.2) is 87.0 Å². The number of methoxy groups -OCH3 is 1. The Hall–Kier alpha value is -3.51. The molecule has 3 amide bonds. The number of hydrogen-bond acceptors (Lipinski definition) is 6. The molecule has 12 heteroatoms. The highest BCUT2D eigenvalue weighted by atomic mass is 32.2. The van der Waals surface area contributed by atoms with E-state index < -0.39 is 27.8 Å². The predicted octanol–water partition coefficient (Wildman–Crippen LogP) is 1.88. The maximum atomic E-state index is 13.4. The molecular formula is C28H35FN4O6S. The SMILES string of the molecule is COc1ccc([C@@H]2C[C@H]2NC(=O)CCC[C@H](NC(=O)c2ccc(F)cc2)C(=O)N2CCN(S(C)(=O)=O)CC2)cc1. The third-order valence-electron chi connectivity index (χ3n) is 7.31. The van der Waals surface area contributed by atoms with Crippen LogP contribution in [0.25, 0.3) is 0 Å². The lowest BCUT2D eigenvalue weighted by Crippen LogP contribution is -2.55. The number of halogens is 1. The molecule has 216 valence electrons. The second kappa shape index (κ2) is 12.8. The van der Waals surface area contributed by atoms with Crippen molar-refractivity contribution in [3.05, 3.63) is 65.5 Å². The lowest BCUT2D eigenvalue weighted by Gasteiger charge is -2.35. The van der Waals surface area contributed by atoms with E-state index in [1.807, 2.05) is 24.3 Å². The number of nitrogens with one attached hydrogen (secondary N) is 2. The third kappa shape index (κ3) is 7.79. The lowest BCUT2D eigenvalue weighted by molar-refractivity contribution is -0.134. The van der Waals surface area contributed by atoms with E-state index in [4.69, 9.17) is 4.74 Å². The molecule has 40 heavy (non-hydrogen) atoms. The molecule has 2 fully saturated rings. The number of amides is 3. The monoisotopic (exact) mass is 574 g/mol. The summed E-state index contributed by atoms with van der Waals surface area (Å²) in [6.45, 7) is 0.734. The smallest absolute Gasteiger partial charge is 0.251 e. The van der Waals surface area contributed by atoms with Gasteiger partial charge in [0.15, 0.2) is 0 Å². The predicted molar refractivity (Wildman–Crippen MR) is 147 cm³/mol. The van der Waals surface area contributed by atoms with Crippen LogP contribution < -0.4 is 15.4 Å². The maximum Gasteiger partial charge on any atom is 0.251 e. The summed E-state index contributed by atoms with van der Waals surface area (Å²) in [7, 11) is -1.75. The number of sulfonamides is 1. The number of rotatable bonds is 11. The minimum Gasteiger partial charge on any atom is -0.497 e. The van der Waals surface area contributed by atoms with Gasteiger partial charge in [0.25, 0.3) is 5.91 Å². The zero-order valence-corrected chi connectivity index (χ0v) is 23.5. The van der Waals surface area contributed by atoms with E-state index in [2.05, 4.69) is 10.6 Å². The van der Waals surface area contributed by atoms with E-state index in [1.54, 1.807) is 7.11 Å². The molecule has 0 aromatic heterocycles. The minimum atomic E-state index is -3.36. The number of nitrogens with zero attached hydrogens (tertiary/aromatic N) is 2. The Morgan fingerprint density at radius 1 is 1.02 bits per heavy atom. The standard InChI is InChI=1S/C28H35FN4O6S/c1-39-22-12-8-19(9-13-22)23-18-25(23)30-26(34)5-3-4-24(31-27(35)20-6-10-21(29)11-7-20)28(36)32-14-16-33(17-15-32)40(2,37)38/h6-13,23-25H,3-5,14-18H2,1-2H3,(H,30,34)(H,31,35)/t23-,24-,25+/m0/s1. The van der Waals surface area contributed by atoms with Crippen LogP contribution in [0.2, 0.25) is 0 Å². The lowest BCUT2D eigenvalue weighted by atomic mass is 10.1. The maximum absolute atomic E-state index is 13.4. The summed E-state index contributed by atoms with van der Waals surface area (Å²) in [4.78, 5) is 40.3. The number of benzene rings is 2. The first-order chi connectivity index (χ1) is 19.0. The van der Waals surface area contributed by atoms with E-state index in [-0.39, 0.29) is 68.4 Å². The molecule has 0 bridgehead atoms. The number of carbonyl (C=O) groups excluding carboxylic acids is 3. The topological polar surface area (TPSA) is 125 Å². The van der Waals surface area contributed by atoms with Crippen molar-refractivity contribution in [2.75, 3.05) is 39.5 Å². The summed E-state index contributed by atoms with van der Waals surface area (Å²) in [5.41, 5.74) is 1.34. The van der Waals surface area contributed by atoms with Gasteiger partial charge in [-0.3, -0.25) is 14.4 Å². The second-order valence-electron chi connectivity index (χ2n) is 10.2. The summed E-state index contributed by atoms with van der Waals surface area (Å²) >= 11 is 0. The molecular weight excluding hydrogens is 539 g/mol. The first kappa shape index (κ1) is 29.5. The van der Waals surface area contributed by atoms with Gasteiger partial charge in [0, 0.05) is 50.1 Å². The third-order valence-corrected chi connectivity index (χ3v) is 8.61. The molecule has 2 aromatic rings. The van der Waals surface area contributed by atoms with Crippen molar-refractivity contribution in [3.8, 4) is 5.75 Å². The normalized spacial score (nSPS) is 19.9. The van der Waals surface area contributed by atoms with Gasteiger partial charge in [-0.15, -0.1) is 0 Å². The van der Waals surface area contributed by atoms with Crippen molar-refractivity contribution in [2.24, 2.45) is 0 Å². The Kier molecular flexibility index (Phi) is 9.41. The average molecular weight is 575 g/mol. The van der Waals surface area contributed by atoms with Crippen molar-refractivity contribution in [1.29, 1.82) is 0 Å². The van der Waals surface area contributed by atoms with Crippen LogP contribution >= 0.6 is 0 Å². The Balaban J connectivity index is 1.31. The van der Waals surface area contributed by atoms with Gasteiger partial charge < -0.3 is 20.3 Å². The highest BCUT2D eigenvalue weighted by Crippen LogP contribution is 2.41. The van der Waals surface area contributed by atoms with E-state index in [9.17, 15) is 27.2 Å². The molecule has 1 aliphatic heterocycles. The molecule has 2 aromatic carbocycles. The van der Waals surface area contributed by atoms with Gasteiger partial charge in [-0.2, -0.15) is 4.31 Å². The molecule has 0 spiro atoms. The van der Waals surface area contributed by atoms with Crippen molar-refractivity contribution in [2.45, 2.75) is 43.7 Å². The van der Waals surface area contributed by atoms with Gasteiger partial charge >= 0.3 is 0 Å². The minimum absolute atomic E-state index is 0.0580. The van der Waals surface area contributed by atoms with Crippen LogP contribution in [0.1, 0.15) is 47.5 Å². The van der Waals surface area contributed by atoms with Crippen molar-refractivity contribution in [3.63, 3.8) is 0 Å². The van der Waals surface area contributed by atoms with Gasteiger partial charge in [0.05, 0.1) is 13.4 Å². The van der Waals surface area contributed by atoms with E-state index in [1.165, 1.54) is 21.3 Å². The molecule has 2 N–H and O–H groups in total. The van der Waals surface area contributed by atoms with Gasteiger partial charge in [-0.25, -0.2) is 12.8 Å². The summed E-state index contributed by atoms with van der Waals surface area (Å²) in [6.07, 6.45) is 2.74. The molecule has 4 rings (SSSR count). The fraction of sp³-hybridized carbons (Fsp3) is 0.464. The molecule has 2 aliphatic rings. The van der Waals surface area contributed by atoms with Crippen molar-refractivity contribution in [1.82, 2.24) is 19.8 Å². The fourth-order valence-electron chi connectivity index (χ4n) is 4.88. The van der Waals surface area contributed by atoms with Crippen LogP contribution in [0.15, 0.2) is 48.5 Å². The van der Waals surface area contributed by atoms with Crippen molar-refractivity contribution < 1.29 is 31.9 Å². The molecule has 3 atom stereocenters. The van der Waals surface area contributed by atoms with Crippen LogP contribution in [0.5, 0.6) is 5.75 Å². The Morgan fingerprint density at radius 3 is 2.27 bits per heavy atom. The average Bonchev–Trinajstić information content (AvgIpc) is 3.70. The fourth-order valence-corrected chi connectivity index (χ4v) is 5.71. The second-order valence-corrected chi connectivity index (χ2v) is 12.2. The zero-order valence-electron chi connectivity index (χ0n) is 22.6. The quantitative estimate of drug-likeness (QED) is 0.422. The van der Waals surface area contributed by atoms with Crippen LogP contribution in [0.3, 0.4) is 0 Å². The molecule has 1 heterocycles. The molecule has 1 saturated heterocycles. The molecule has 0 radical (unpaired) electrons. The van der Waals surface area contributed by atoms with Crippen LogP contribution in [-0.2, 0) is 19.6 Å². The molecule has 0 unspecified atom stereocenters. The number of piperazine rings is 1. The first-order valence-electron chi connectivity index (χ1n) is 13.3. The zero-order chi connectivity index (χ0) is 28.9. The largest absolute Gasteiger partial charge is 0.497 e. The Bertz CT molecular complexity index is 1310. The van der Waals surface area contributed by atoms with E-state index >= 15 is 0 Å². The van der Waals surface area contributed by atoms with Crippen molar-refractivity contribution >= 4 is 27.7 Å². The Labute approximate surface area is 233 Å². The van der Waals surface area contributed by atoms with E-state index in [0.29, 0.717) is 6.42 Å². The van der Waals surface area contributed by atoms with Gasteiger partial charge in [-0.05, 0) is 61.2 Å². The number of carbonyl (C=O) groups is 3. The van der Waals surface area contributed by atoms with Gasteiger partial charge in [0.1, 0.15) is 17.6 Å². The molecule has 10 nitrogen and oxygen atoms in total. The first-order valence-corrected chi connectivity index (χ1v) is 15.1. The summed E-state index contributed by atoms with van der Waals surface area (Å²) in [5.74, 6) is -0.450. The summed E-state index contributed by atoms with van der Waals surface area (Å²) < 4.78 is 43.5.